The van der Waals surface area contributed by atoms with Gasteiger partial charge in [0.25, 0.3) is 11.6 Å². The molecule has 0 saturated heterocycles. The number of nitriles is 1. The number of hydrogen-bond donors (Lipinski definition) is 1. The molecule has 0 spiro atoms. The lowest BCUT2D eigenvalue weighted by Crippen LogP contribution is -2.19. The fourth-order valence-corrected chi connectivity index (χ4v) is 3.14. The summed E-state index contributed by atoms with van der Waals surface area (Å²) in [5.41, 5.74) is 3.37. The van der Waals surface area contributed by atoms with Gasteiger partial charge in [-0.1, -0.05) is 12.1 Å². The van der Waals surface area contributed by atoms with Crippen molar-refractivity contribution in [3.8, 4) is 11.8 Å². The number of rotatable bonds is 7. The van der Waals surface area contributed by atoms with Crippen LogP contribution in [0, 0.1) is 27.3 Å². The van der Waals surface area contributed by atoms with Gasteiger partial charge >= 0.3 is 0 Å². The van der Waals surface area contributed by atoms with Crippen LogP contribution in [0.4, 0.5) is 10.1 Å². The second-order valence-corrected chi connectivity index (χ2v) is 7.27. The Bertz CT molecular complexity index is 1260. The zero-order valence-electron chi connectivity index (χ0n) is 16.3. The molecule has 0 saturated carbocycles. The van der Waals surface area contributed by atoms with Gasteiger partial charge in [-0.2, -0.15) is 10.4 Å². The fourth-order valence-electron chi connectivity index (χ4n) is 2.63. The molecule has 0 aromatic heterocycles. The Morgan fingerprint density at radius 3 is 2.75 bits per heavy atom. The molecule has 0 aliphatic carbocycles. The summed E-state index contributed by atoms with van der Waals surface area (Å²) in [7, 11) is 0. The number of nitrogens with one attached hydrogen (secondary N) is 1. The number of non-ortho nitro benzene ring substituents is 1. The molecule has 8 nitrogen and oxygen atoms in total. The molecule has 0 bridgehead atoms. The number of halogens is 2. The molecule has 3 rings (SSSR count). The third kappa shape index (κ3) is 5.74. The Balaban J connectivity index is 1.61. The van der Waals surface area contributed by atoms with Crippen LogP contribution in [0.2, 0.25) is 0 Å². The van der Waals surface area contributed by atoms with Gasteiger partial charge in [-0.15, -0.1) is 0 Å². The summed E-state index contributed by atoms with van der Waals surface area (Å²) in [6.45, 7) is 0.139. The molecule has 0 radical (unpaired) electrons. The van der Waals surface area contributed by atoms with Crippen molar-refractivity contribution in [2.45, 2.75) is 6.61 Å². The van der Waals surface area contributed by atoms with E-state index in [1.54, 1.807) is 36.4 Å². The number of benzene rings is 3. The molecule has 3 aromatic rings. The molecular weight excluding hydrogens is 483 g/mol. The van der Waals surface area contributed by atoms with E-state index in [4.69, 9.17) is 10.00 Å². The normalized spacial score (nSPS) is 10.5. The van der Waals surface area contributed by atoms with E-state index in [0.29, 0.717) is 21.3 Å². The molecule has 3 aromatic carbocycles. The van der Waals surface area contributed by atoms with Crippen molar-refractivity contribution in [3.63, 3.8) is 0 Å². The van der Waals surface area contributed by atoms with Gasteiger partial charge in [0, 0.05) is 12.1 Å². The number of hydrazone groups is 1. The van der Waals surface area contributed by atoms with Gasteiger partial charge in [0.15, 0.2) is 0 Å². The maximum atomic E-state index is 13.9. The van der Waals surface area contributed by atoms with Crippen molar-refractivity contribution in [3.05, 3.63) is 103 Å². The van der Waals surface area contributed by atoms with Crippen LogP contribution < -0.4 is 10.2 Å². The zero-order valence-corrected chi connectivity index (χ0v) is 17.9. The highest BCUT2D eigenvalue weighted by atomic mass is 79.9. The first kappa shape index (κ1) is 22.6. The van der Waals surface area contributed by atoms with Crippen LogP contribution in [0.25, 0.3) is 0 Å². The first-order chi connectivity index (χ1) is 15.4. The van der Waals surface area contributed by atoms with Crippen molar-refractivity contribution >= 4 is 33.7 Å². The van der Waals surface area contributed by atoms with E-state index < -0.39 is 16.6 Å². The number of carbonyl (C=O) groups excluding carboxylic acids is 1. The minimum atomic E-state index is -0.815. The van der Waals surface area contributed by atoms with E-state index in [1.165, 1.54) is 30.5 Å². The van der Waals surface area contributed by atoms with Crippen molar-refractivity contribution in [1.82, 2.24) is 5.43 Å². The topological polar surface area (TPSA) is 118 Å². The van der Waals surface area contributed by atoms with Crippen LogP contribution in [-0.4, -0.2) is 17.0 Å². The standard InChI is InChI=1S/C22H14BrFN4O4/c23-19-9-15(12-26-27-22(29)18-6-4-14(11-25)10-20(18)24)5-7-21(19)32-13-16-2-1-3-17(8-16)28(30)31/h1-10,12H,13H2,(H,27,29)/b26-12-. The summed E-state index contributed by atoms with van der Waals surface area (Å²) in [6.07, 6.45) is 1.37. The molecule has 32 heavy (non-hydrogen) atoms. The number of ether oxygens (including phenoxy) is 1. The third-order valence-corrected chi connectivity index (χ3v) is 4.81. The summed E-state index contributed by atoms with van der Waals surface area (Å²) in [6, 6.07) is 16.5. The van der Waals surface area contributed by atoms with Gasteiger partial charge in [0.05, 0.1) is 32.8 Å². The van der Waals surface area contributed by atoms with E-state index in [1.807, 2.05) is 0 Å². The molecule has 0 unspecified atom stereocenters. The predicted octanol–water partition coefficient (Wildman–Crippen LogP) is 4.71. The van der Waals surface area contributed by atoms with Crippen molar-refractivity contribution in [1.29, 1.82) is 5.26 Å². The highest BCUT2D eigenvalue weighted by Gasteiger charge is 2.12. The summed E-state index contributed by atoms with van der Waals surface area (Å²) in [5, 5.41) is 23.4. The molecule has 0 aliphatic rings. The number of amides is 1. The second kappa shape index (κ2) is 10.3. The monoisotopic (exact) mass is 496 g/mol. The lowest BCUT2D eigenvalue weighted by atomic mass is 10.1. The van der Waals surface area contributed by atoms with Gasteiger partial charge in [-0.3, -0.25) is 14.9 Å². The van der Waals surface area contributed by atoms with Crippen LogP contribution >= 0.6 is 15.9 Å². The predicted molar refractivity (Wildman–Crippen MR) is 118 cm³/mol. The zero-order chi connectivity index (χ0) is 23.1. The average Bonchev–Trinajstić information content (AvgIpc) is 2.78. The lowest BCUT2D eigenvalue weighted by molar-refractivity contribution is -0.384. The SMILES string of the molecule is N#Cc1ccc(C(=O)N/N=C\c2ccc(OCc3cccc([N+](=O)[O-])c3)c(Br)c2)c(F)c1. The Morgan fingerprint density at radius 2 is 2.06 bits per heavy atom. The van der Waals surface area contributed by atoms with E-state index in [2.05, 4.69) is 26.5 Å². The van der Waals surface area contributed by atoms with E-state index >= 15 is 0 Å². The van der Waals surface area contributed by atoms with Gasteiger partial charge in [0.1, 0.15) is 18.2 Å². The van der Waals surface area contributed by atoms with Crippen molar-refractivity contribution in [2.24, 2.45) is 5.10 Å². The van der Waals surface area contributed by atoms with Crippen LogP contribution in [0.5, 0.6) is 5.75 Å². The first-order valence-electron chi connectivity index (χ1n) is 9.06. The molecule has 160 valence electrons. The summed E-state index contributed by atoms with van der Waals surface area (Å²) >= 11 is 3.38. The fraction of sp³-hybridized carbons (Fsp3) is 0.0455. The molecule has 1 N–H and O–H groups in total. The van der Waals surface area contributed by atoms with Gasteiger partial charge in [0.2, 0.25) is 0 Å². The number of nitro groups is 1. The Kier molecular flexibility index (Phi) is 7.25. The molecule has 0 fully saturated rings. The molecular formula is C22H14BrFN4O4. The summed E-state index contributed by atoms with van der Waals surface area (Å²) in [5.74, 6) is -1.05. The highest BCUT2D eigenvalue weighted by Crippen LogP contribution is 2.27. The van der Waals surface area contributed by atoms with Gasteiger partial charge in [-0.05, 0) is 63.5 Å². The maximum absolute atomic E-state index is 13.9. The van der Waals surface area contributed by atoms with E-state index in [9.17, 15) is 19.3 Å². The molecule has 10 heteroatoms. The van der Waals surface area contributed by atoms with Gasteiger partial charge < -0.3 is 4.74 Å². The largest absolute Gasteiger partial charge is 0.488 e. The number of carbonyl (C=O) groups is 1. The van der Waals surface area contributed by atoms with Crippen LogP contribution in [0.15, 0.2) is 70.2 Å². The Morgan fingerprint density at radius 1 is 1.25 bits per heavy atom. The molecule has 1 amide bonds. The van der Waals surface area contributed by atoms with Crippen LogP contribution in [0.3, 0.4) is 0 Å². The van der Waals surface area contributed by atoms with Crippen molar-refractivity contribution in [2.75, 3.05) is 0 Å². The van der Waals surface area contributed by atoms with Gasteiger partial charge in [-0.25, -0.2) is 9.82 Å². The quantitative estimate of drug-likeness (QED) is 0.288. The molecule has 0 atom stereocenters. The second-order valence-electron chi connectivity index (χ2n) is 6.41. The number of hydrogen-bond acceptors (Lipinski definition) is 6. The third-order valence-electron chi connectivity index (χ3n) is 4.19. The number of nitro benzene ring substituents is 1. The van der Waals surface area contributed by atoms with Crippen LogP contribution in [0.1, 0.15) is 27.0 Å². The van der Waals surface area contributed by atoms with E-state index in [-0.39, 0.29) is 23.4 Å². The summed E-state index contributed by atoms with van der Waals surface area (Å²) < 4.78 is 20.2. The molecule has 0 aliphatic heterocycles. The minimum absolute atomic E-state index is 0.0142. The molecule has 0 heterocycles. The minimum Gasteiger partial charge on any atom is -0.488 e. The summed E-state index contributed by atoms with van der Waals surface area (Å²) in [4.78, 5) is 22.4. The highest BCUT2D eigenvalue weighted by molar-refractivity contribution is 9.10. The smallest absolute Gasteiger partial charge is 0.274 e. The van der Waals surface area contributed by atoms with E-state index in [0.717, 1.165) is 6.07 Å². The number of nitrogens with zero attached hydrogens (tertiary/aromatic N) is 3. The maximum Gasteiger partial charge on any atom is 0.274 e. The van der Waals surface area contributed by atoms with Crippen LogP contribution in [-0.2, 0) is 6.61 Å². The lowest BCUT2D eigenvalue weighted by Gasteiger charge is -2.09. The van der Waals surface area contributed by atoms with Crippen molar-refractivity contribution < 1.29 is 18.8 Å². The average molecular weight is 497 g/mol. The Labute approximate surface area is 190 Å². The Hall–Kier alpha value is -4.10. The first-order valence-corrected chi connectivity index (χ1v) is 9.85.